The smallest absolute Gasteiger partial charge is 0.132 e. The first-order valence-corrected chi connectivity index (χ1v) is 4.76. The van der Waals surface area contributed by atoms with Crippen molar-refractivity contribution in [3.05, 3.63) is 34.1 Å². The van der Waals surface area contributed by atoms with Crippen LogP contribution >= 0.6 is 24.0 Å². The maximum atomic E-state index is 13.6. The van der Waals surface area contributed by atoms with Crippen LogP contribution in [0.3, 0.4) is 0 Å². The summed E-state index contributed by atoms with van der Waals surface area (Å²) in [6.07, 6.45) is 0.306. The van der Waals surface area contributed by atoms with Gasteiger partial charge >= 0.3 is 0 Å². The van der Waals surface area contributed by atoms with E-state index in [1.807, 2.05) is 0 Å². The molecular formula is C10H14Cl2FNO. The summed E-state index contributed by atoms with van der Waals surface area (Å²) in [5, 5.41) is 9.02. The molecule has 0 aromatic heterocycles. The topological polar surface area (TPSA) is 46.2 Å². The molecule has 0 amide bonds. The third kappa shape index (κ3) is 3.31. The highest BCUT2D eigenvalue weighted by Gasteiger charge is 2.16. The number of hydrogen-bond acceptors (Lipinski definition) is 2. The second-order valence-electron chi connectivity index (χ2n) is 3.21. The standard InChI is InChI=1S/C10H13ClFNO.ClH/c1-6-2-3-7(11)9(10(6)12)8(13)4-5-14;/h2-3,8,14H,4-5,13H2,1H3;1H. The Morgan fingerprint density at radius 2 is 2.13 bits per heavy atom. The Morgan fingerprint density at radius 3 is 2.67 bits per heavy atom. The predicted octanol–water partition coefficient (Wildman–Crippen LogP) is 2.59. The van der Waals surface area contributed by atoms with Gasteiger partial charge in [0.05, 0.1) is 0 Å². The molecule has 5 heteroatoms. The second-order valence-corrected chi connectivity index (χ2v) is 3.62. The van der Waals surface area contributed by atoms with Crippen LogP contribution in [0.4, 0.5) is 4.39 Å². The van der Waals surface area contributed by atoms with Crippen LogP contribution in [0.2, 0.25) is 5.02 Å². The van der Waals surface area contributed by atoms with E-state index in [4.69, 9.17) is 22.4 Å². The highest BCUT2D eigenvalue weighted by atomic mass is 35.5. The second kappa shape index (κ2) is 6.28. The van der Waals surface area contributed by atoms with Gasteiger partial charge in [-0.2, -0.15) is 0 Å². The van der Waals surface area contributed by atoms with E-state index in [9.17, 15) is 4.39 Å². The zero-order valence-corrected chi connectivity index (χ0v) is 9.91. The van der Waals surface area contributed by atoms with Gasteiger partial charge in [0, 0.05) is 23.2 Å². The normalized spacial score (nSPS) is 12.1. The van der Waals surface area contributed by atoms with Crippen molar-refractivity contribution in [1.82, 2.24) is 0 Å². The summed E-state index contributed by atoms with van der Waals surface area (Å²) in [6, 6.07) is 2.67. The van der Waals surface area contributed by atoms with Gasteiger partial charge in [0.15, 0.2) is 0 Å². The van der Waals surface area contributed by atoms with Gasteiger partial charge in [-0.3, -0.25) is 0 Å². The number of aliphatic hydroxyl groups is 1. The Labute approximate surface area is 99.6 Å². The fraction of sp³-hybridized carbons (Fsp3) is 0.400. The highest BCUT2D eigenvalue weighted by molar-refractivity contribution is 6.31. The fourth-order valence-corrected chi connectivity index (χ4v) is 1.59. The summed E-state index contributed by atoms with van der Waals surface area (Å²) in [4.78, 5) is 0. The van der Waals surface area contributed by atoms with Gasteiger partial charge in [-0.25, -0.2) is 4.39 Å². The zero-order valence-electron chi connectivity index (χ0n) is 8.34. The van der Waals surface area contributed by atoms with Crippen LogP contribution in [0.5, 0.6) is 0 Å². The van der Waals surface area contributed by atoms with Crippen molar-refractivity contribution in [3.8, 4) is 0 Å². The number of aliphatic hydroxyl groups excluding tert-OH is 1. The van der Waals surface area contributed by atoms with Crippen LogP contribution < -0.4 is 5.73 Å². The Kier molecular flexibility index (Phi) is 6.13. The van der Waals surface area contributed by atoms with Crippen LogP contribution in [0, 0.1) is 12.7 Å². The quantitative estimate of drug-likeness (QED) is 0.870. The molecule has 1 atom stereocenters. The van der Waals surface area contributed by atoms with E-state index in [-0.39, 0.29) is 24.8 Å². The molecule has 1 aromatic rings. The fourth-order valence-electron chi connectivity index (χ4n) is 1.30. The third-order valence-corrected chi connectivity index (χ3v) is 2.46. The number of nitrogens with two attached hydrogens (primary N) is 1. The number of aryl methyl sites for hydroxylation is 1. The summed E-state index contributed by atoms with van der Waals surface area (Å²) >= 11 is 5.83. The molecule has 0 spiro atoms. The molecule has 86 valence electrons. The number of hydrogen-bond donors (Lipinski definition) is 2. The lowest BCUT2D eigenvalue weighted by Gasteiger charge is -2.14. The minimum Gasteiger partial charge on any atom is -0.396 e. The van der Waals surface area contributed by atoms with E-state index >= 15 is 0 Å². The number of benzene rings is 1. The third-order valence-electron chi connectivity index (χ3n) is 2.13. The number of rotatable bonds is 3. The molecule has 1 unspecified atom stereocenters. The average Bonchev–Trinajstić information content (AvgIpc) is 2.13. The van der Waals surface area contributed by atoms with Gasteiger partial charge in [-0.15, -0.1) is 12.4 Å². The predicted molar refractivity (Wildman–Crippen MR) is 62.0 cm³/mol. The van der Waals surface area contributed by atoms with E-state index in [1.165, 1.54) is 0 Å². The molecule has 0 aliphatic heterocycles. The molecule has 0 bridgehead atoms. The molecule has 15 heavy (non-hydrogen) atoms. The molecule has 0 radical (unpaired) electrons. The van der Waals surface area contributed by atoms with Gasteiger partial charge in [-0.05, 0) is 25.0 Å². The lowest BCUT2D eigenvalue weighted by molar-refractivity contribution is 0.275. The lowest BCUT2D eigenvalue weighted by Crippen LogP contribution is -2.15. The Morgan fingerprint density at radius 1 is 1.53 bits per heavy atom. The van der Waals surface area contributed by atoms with Crippen LogP contribution in [0.1, 0.15) is 23.6 Å². The van der Waals surface area contributed by atoms with Crippen LogP contribution in [0.15, 0.2) is 12.1 Å². The zero-order chi connectivity index (χ0) is 10.7. The van der Waals surface area contributed by atoms with Crippen molar-refractivity contribution in [2.75, 3.05) is 6.61 Å². The first kappa shape index (κ1) is 14.6. The van der Waals surface area contributed by atoms with Crippen molar-refractivity contribution in [1.29, 1.82) is 0 Å². The summed E-state index contributed by atoms with van der Waals surface area (Å²) < 4.78 is 13.6. The van der Waals surface area contributed by atoms with Crippen molar-refractivity contribution in [2.24, 2.45) is 5.73 Å². The monoisotopic (exact) mass is 253 g/mol. The lowest BCUT2D eigenvalue weighted by atomic mass is 10.0. The summed E-state index contributed by atoms with van der Waals surface area (Å²) in [5.41, 5.74) is 6.50. The molecule has 0 saturated heterocycles. The Balaban J connectivity index is 0.00000196. The van der Waals surface area contributed by atoms with E-state index in [0.29, 0.717) is 22.6 Å². The van der Waals surface area contributed by atoms with Crippen molar-refractivity contribution in [2.45, 2.75) is 19.4 Å². The van der Waals surface area contributed by atoms with E-state index < -0.39 is 6.04 Å². The molecule has 0 aliphatic carbocycles. The van der Waals surface area contributed by atoms with E-state index in [2.05, 4.69) is 0 Å². The van der Waals surface area contributed by atoms with Crippen molar-refractivity contribution in [3.63, 3.8) is 0 Å². The first-order chi connectivity index (χ1) is 6.57. The molecule has 0 fully saturated rings. The molecule has 3 N–H and O–H groups in total. The minimum absolute atomic E-state index is 0. The van der Waals surface area contributed by atoms with Crippen molar-refractivity contribution >= 4 is 24.0 Å². The summed E-state index contributed by atoms with van der Waals surface area (Å²) in [5.74, 6) is -0.376. The summed E-state index contributed by atoms with van der Waals surface area (Å²) in [7, 11) is 0. The van der Waals surface area contributed by atoms with E-state index in [1.54, 1.807) is 19.1 Å². The van der Waals surface area contributed by atoms with Gasteiger partial charge in [0.1, 0.15) is 5.82 Å². The molecule has 1 aromatic carbocycles. The SMILES string of the molecule is Cc1ccc(Cl)c(C(N)CCO)c1F.Cl. The van der Waals surface area contributed by atoms with Crippen molar-refractivity contribution < 1.29 is 9.50 Å². The summed E-state index contributed by atoms with van der Waals surface area (Å²) in [6.45, 7) is 1.58. The molecule has 0 aliphatic rings. The van der Waals surface area contributed by atoms with Gasteiger partial charge in [0.2, 0.25) is 0 Å². The average molecular weight is 254 g/mol. The first-order valence-electron chi connectivity index (χ1n) is 4.39. The van der Waals surface area contributed by atoms with Gasteiger partial charge in [-0.1, -0.05) is 17.7 Å². The van der Waals surface area contributed by atoms with E-state index in [0.717, 1.165) is 0 Å². The molecule has 2 nitrogen and oxygen atoms in total. The van der Waals surface area contributed by atoms with Crippen LogP contribution in [0.25, 0.3) is 0 Å². The molecular weight excluding hydrogens is 240 g/mol. The maximum absolute atomic E-state index is 13.6. The number of halogens is 3. The highest BCUT2D eigenvalue weighted by Crippen LogP contribution is 2.28. The largest absolute Gasteiger partial charge is 0.396 e. The maximum Gasteiger partial charge on any atom is 0.132 e. The molecule has 0 heterocycles. The van der Waals surface area contributed by atoms with Gasteiger partial charge in [0.25, 0.3) is 0 Å². The van der Waals surface area contributed by atoms with Gasteiger partial charge < -0.3 is 10.8 Å². The van der Waals surface area contributed by atoms with Crippen LogP contribution in [-0.2, 0) is 0 Å². The Bertz CT molecular complexity index is 333. The minimum atomic E-state index is -0.549. The molecule has 0 saturated carbocycles. The molecule has 1 rings (SSSR count). The Hall–Kier alpha value is -0.350. The van der Waals surface area contributed by atoms with Crippen LogP contribution in [-0.4, -0.2) is 11.7 Å².